The minimum absolute atomic E-state index is 0.777. The van der Waals surface area contributed by atoms with Gasteiger partial charge in [0.1, 0.15) is 0 Å². The Labute approximate surface area is 74.8 Å². The first kappa shape index (κ1) is 12.1. The Morgan fingerprint density at radius 1 is 1.42 bits per heavy atom. The summed E-state index contributed by atoms with van der Waals surface area (Å²) in [6.07, 6.45) is 0. The summed E-state index contributed by atoms with van der Waals surface area (Å²) in [6, 6.07) is 0. The van der Waals surface area contributed by atoms with E-state index in [2.05, 4.69) is 0 Å². The number of halogens is 1. The van der Waals surface area contributed by atoms with E-state index in [-0.39, 0.29) is 0 Å². The second-order valence-electron chi connectivity index (χ2n) is 1.80. The Kier molecular flexibility index (Phi) is 3.87. The third-order valence-electron chi connectivity index (χ3n) is 0.978. The maximum atomic E-state index is 10.7. The van der Waals surface area contributed by atoms with Gasteiger partial charge in [-0.3, -0.25) is 4.55 Å². The minimum atomic E-state index is -4.74. The van der Waals surface area contributed by atoms with Crippen LogP contribution in [-0.2, 0) is 20.1 Å². The molecule has 12 heavy (non-hydrogen) atoms. The van der Waals surface area contributed by atoms with Crippen LogP contribution in [0.4, 0.5) is 0 Å². The number of hydrogen-bond acceptors (Lipinski definition) is 5. The van der Waals surface area contributed by atoms with Crippen molar-refractivity contribution < 1.29 is 21.4 Å². The lowest BCUT2D eigenvalue weighted by molar-refractivity contribution is 0.476. The topological polar surface area (TPSA) is 127 Å². The van der Waals surface area contributed by atoms with Crippen LogP contribution in [0, 0.1) is 0 Å². The zero-order chi connectivity index (χ0) is 9.99. The van der Waals surface area contributed by atoms with Gasteiger partial charge in [0.25, 0.3) is 10.1 Å². The van der Waals surface area contributed by atoms with Gasteiger partial charge < -0.3 is 5.73 Å². The Bertz CT molecular complexity index is 332. The summed E-state index contributed by atoms with van der Waals surface area (Å²) in [5.41, 5.74) is 4.80. The third-order valence-corrected chi connectivity index (χ3v) is 5.07. The summed E-state index contributed by atoms with van der Waals surface area (Å²) in [4.78, 5) is 0. The molecule has 74 valence electrons. The van der Waals surface area contributed by atoms with Crippen LogP contribution in [-0.4, -0.2) is 32.5 Å². The Hall–Kier alpha value is 0.0700. The van der Waals surface area contributed by atoms with E-state index in [9.17, 15) is 16.8 Å². The molecule has 0 spiro atoms. The van der Waals surface area contributed by atoms with Crippen molar-refractivity contribution in [1.82, 2.24) is 4.24 Å². The molecular formula is C2H7ClN2O5S2. The summed E-state index contributed by atoms with van der Waals surface area (Å²) in [6.45, 7) is -0.777. The second-order valence-corrected chi connectivity index (χ2v) is 5.98. The Morgan fingerprint density at radius 2 is 1.83 bits per heavy atom. The standard InChI is InChI=1S/C2H7ClN2O5S2/c3-5-11(6,7)2(1-4)12(8,9)10/h2,5H,1,4H2,(H,8,9,10). The highest BCUT2D eigenvalue weighted by Crippen LogP contribution is 2.05. The van der Waals surface area contributed by atoms with Gasteiger partial charge in [0.05, 0.1) is 0 Å². The van der Waals surface area contributed by atoms with Crippen molar-refractivity contribution in [2.45, 2.75) is 4.58 Å². The molecule has 0 aliphatic heterocycles. The average Bonchev–Trinajstić information content (AvgIpc) is 1.85. The fourth-order valence-electron chi connectivity index (χ4n) is 0.458. The first-order chi connectivity index (χ1) is 5.25. The molecule has 0 bridgehead atoms. The predicted molar refractivity (Wildman–Crippen MR) is 42.3 cm³/mol. The van der Waals surface area contributed by atoms with E-state index in [4.69, 9.17) is 22.1 Å². The SMILES string of the molecule is NCC(S(=O)(=O)O)S(=O)(=O)NCl. The van der Waals surface area contributed by atoms with Crippen LogP contribution >= 0.6 is 11.8 Å². The molecule has 0 fully saturated rings. The van der Waals surface area contributed by atoms with Crippen LogP contribution in [0.2, 0.25) is 0 Å². The van der Waals surface area contributed by atoms with E-state index in [1.165, 1.54) is 4.24 Å². The van der Waals surface area contributed by atoms with Crippen LogP contribution in [0.5, 0.6) is 0 Å². The first-order valence-electron chi connectivity index (χ1n) is 2.53. The lowest BCUT2D eigenvalue weighted by Gasteiger charge is -2.09. The van der Waals surface area contributed by atoms with Crippen LogP contribution in [0.15, 0.2) is 0 Å². The Balaban J connectivity index is 5.10. The van der Waals surface area contributed by atoms with Gasteiger partial charge in [-0.25, -0.2) is 8.42 Å². The highest BCUT2D eigenvalue weighted by molar-refractivity contribution is 8.06. The molecule has 0 aromatic rings. The average molecular weight is 239 g/mol. The van der Waals surface area contributed by atoms with Crippen LogP contribution in [0.1, 0.15) is 0 Å². The lowest BCUT2D eigenvalue weighted by atomic mass is 10.8. The summed E-state index contributed by atoms with van der Waals surface area (Å²) in [7, 11) is -9.06. The quantitative estimate of drug-likeness (QED) is 0.393. The molecule has 0 aliphatic rings. The summed E-state index contributed by atoms with van der Waals surface area (Å²) < 4.78 is 49.6. The molecule has 0 saturated carbocycles. The maximum Gasteiger partial charge on any atom is 0.285 e. The molecule has 0 saturated heterocycles. The monoisotopic (exact) mass is 238 g/mol. The van der Waals surface area contributed by atoms with Crippen LogP contribution < -0.4 is 9.97 Å². The lowest BCUT2D eigenvalue weighted by Crippen LogP contribution is -2.41. The largest absolute Gasteiger partial charge is 0.328 e. The number of nitrogens with two attached hydrogens (primary N) is 1. The molecule has 1 unspecified atom stereocenters. The Morgan fingerprint density at radius 3 is 1.92 bits per heavy atom. The van der Waals surface area contributed by atoms with Gasteiger partial charge in [-0.15, -0.1) is 4.24 Å². The second kappa shape index (κ2) is 3.85. The molecule has 7 nitrogen and oxygen atoms in total. The van der Waals surface area contributed by atoms with Gasteiger partial charge >= 0.3 is 0 Å². The molecular weight excluding hydrogens is 232 g/mol. The van der Waals surface area contributed by atoms with Crippen molar-refractivity contribution in [3.63, 3.8) is 0 Å². The molecule has 0 radical (unpaired) electrons. The van der Waals surface area contributed by atoms with Crippen molar-refractivity contribution >= 4 is 31.9 Å². The van der Waals surface area contributed by atoms with Crippen LogP contribution in [0.25, 0.3) is 0 Å². The molecule has 0 aromatic carbocycles. The van der Waals surface area contributed by atoms with Crippen molar-refractivity contribution in [2.75, 3.05) is 6.54 Å². The van der Waals surface area contributed by atoms with Gasteiger partial charge in [0, 0.05) is 6.54 Å². The zero-order valence-electron chi connectivity index (χ0n) is 5.64. The van der Waals surface area contributed by atoms with Gasteiger partial charge in [-0.2, -0.15) is 8.42 Å². The molecule has 0 aliphatic carbocycles. The van der Waals surface area contributed by atoms with E-state index in [0.29, 0.717) is 0 Å². The maximum absolute atomic E-state index is 10.7. The summed E-state index contributed by atoms with van der Waals surface area (Å²) >= 11 is 4.70. The van der Waals surface area contributed by atoms with Gasteiger partial charge in [0.2, 0.25) is 14.6 Å². The molecule has 0 rings (SSSR count). The highest BCUT2D eigenvalue weighted by Gasteiger charge is 2.34. The number of hydrogen-bond donors (Lipinski definition) is 3. The first-order valence-corrected chi connectivity index (χ1v) is 5.96. The van der Waals surface area contributed by atoms with E-state index in [0.717, 1.165) is 0 Å². The van der Waals surface area contributed by atoms with E-state index < -0.39 is 31.3 Å². The van der Waals surface area contributed by atoms with Gasteiger partial charge in [-0.1, -0.05) is 0 Å². The van der Waals surface area contributed by atoms with Gasteiger partial charge in [0.15, 0.2) is 0 Å². The third kappa shape index (κ3) is 2.84. The molecule has 0 aromatic heterocycles. The number of sulfonamides is 1. The number of rotatable bonds is 4. The fourth-order valence-corrected chi connectivity index (χ4v) is 2.96. The van der Waals surface area contributed by atoms with E-state index in [1.54, 1.807) is 0 Å². The van der Waals surface area contributed by atoms with Gasteiger partial charge in [-0.05, 0) is 11.8 Å². The molecule has 0 amide bonds. The summed E-state index contributed by atoms with van der Waals surface area (Å²) in [5.74, 6) is 0. The van der Waals surface area contributed by atoms with E-state index >= 15 is 0 Å². The van der Waals surface area contributed by atoms with Crippen molar-refractivity contribution in [3.8, 4) is 0 Å². The minimum Gasteiger partial charge on any atom is -0.328 e. The van der Waals surface area contributed by atoms with Crippen molar-refractivity contribution in [3.05, 3.63) is 0 Å². The summed E-state index contributed by atoms with van der Waals surface area (Å²) in [5, 5.41) is 0. The highest BCUT2D eigenvalue weighted by atomic mass is 35.5. The fraction of sp³-hybridized carbons (Fsp3) is 1.00. The normalized spacial score (nSPS) is 15.9. The predicted octanol–water partition coefficient (Wildman–Crippen LogP) is -1.77. The van der Waals surface area contributed by atoms with E-state index in [1.807, 2.05) is 0 Å². The zero-order valence-corrected chi connectivity index (χ0v) is 8.03. The molecule has 4 N–H and O–H groups in total. The molecule has 10 heteroatoms. The number of nitrogens with one attached hydrogen (secondary N) is 1. The molecule has 1 atom stereocenters. The van der Waals surface area contributed by atoms with Crippen LogP contribution in [0.3, 0.4) is 0 Å². The van der Waals surface area contributed by atoms with Crippen molar-refractivity contribution in [1.29, 1.82) is 0 Å². The molecule has 0 heterocycles. The van der Waals surface area contributed by atoms with Crippen molar-refractivity contribution in [2.24, 2.45) is 5.73 Å². The smallest absolute Gasteiger partial charge is 0.285 e.